The van der Waals surface area contributed by atoms with Gasteiger partial charge in [0.05, 0.1) is 12.1 Å². The molecule has 2 aromatic heterocycles. The Morgan fingerprint density at radius 1 is 1.11 bits per heavy atom. The number of carbonyl (C=O) groups excluding carboxylic acids is 2. The first kappa shape index (κ1) is 18.9. The van der Waals surface area contributed by atoms with Crippen LogP contribution < -0.4 is 10.6 Å². The third kappa shape index (κ3) is 4.27. The van der Waals surface area contributed by atoms with Crippen LogP contribution >= 0.6 is 11.6 Å². The van der Waals surface area contributed by atoms with Crippen molar-refractivity contribution in [1.82, 2.24) is 20.0 Å². The molecule has 0 saturated carbocycles. The van der Waals surface area contributed by atoms with E-state index in [0.29, 0.717) is 23.7 Å². The fourth-order valence-corrected chi connectivity index (χ4v) is 2.81. The van der Waals surface area contributed by atoms with Crippen molar-refractivity contribution in [2.24, 2.45) is 0 Å². The number of nitrogens with zero attached hydrogens (tertiary/aromatic N) is 2. The van der Waals surface area contributed by atoms with Gasteiger partial charge in [0.2, 0.25) is 5.82 Å². The van der Waals surface area contributed by atoms with E-state index in [-0.39, 0.29) is 24.0 Å². The number of methoxy groups -OCH3 is 1. The number of hydrogen-bond donors (Lipinski definition) is 2. The van der Waals surface area contributed by atoms with Gasteiger partial charge in [-0.25, -0.2) is 4.98 Å². The number of halogens is 1. The third-order valence-electron chi connectivity index (χ3n) is 3.96. The molecule has 0 saturated heterocycles. The molecule has 0 aliphatic carbocycles. The van der Waals surface area contributed by atoms with E-state index in [0.717, 1.165) is 5.56 Å². The van der Waals surface area contributed by atoms with Crippen molar-refractivity contribution in [1.29, 1.82) is 0 Å². The summed E-state index contributed by atoms with van der Waals surface area (Å²) in [5.74, 6) is -0.623. The first-order valence-corrected chi connectivity index (χ1v) is 8.75. The van der Waals surface area contributed by atoms with Gasteiger partial charge in [0.25, 0.3) is 11.8 Å². The number of imidazole rings is 1. The number of aromatic nitrogens is 2. The Bertz CT molecular complexity index is 970. The standard InChI is InChI=1S/C19H19ClN4O3/c1-27-11-9-21-18(25)16-15-8-4-5-10-24(15)17(23-16)19(26)22-12-13-6-2-3-7-14(13)20/h2-8,10H,9,11-12H2,1H3,(H,21,25)(H,22,26). The monoisotopic (exact) mass is 386 g/mol. The van der Waals surface area contributed by atoms with E-state index in [1.807, 2.05) is 18.2 Å². The summed E-state index contributed by atoms with van der Waals surface area (Å²) < 4.78 is 6.52. The molecule has 3 aromatic rings. The highest BCUT2D eigenvalue weighted by Crippen LogP contribution is 2.16. The molecule has 27 heavy (non-hydrogen) atoms. The summed E-state index contributed by atoms with van der Waals surface area (Å²) in [5, 5.41) is 6.09. The Kier molecular flexibility index (Phi) is 6.05. The van der Waals surface area contributed by atoms with E-state index in [1.54, 1.807) is 42.0 Å². The Hall–Kier alpha value is -2.90. The van der Waals surface area contributed by atoms with Gasteiger partial charge in [-0.1, -0.05) is 35.9 Å². The summed E-state index contributed by atoms with van der Waals surface area (Å²) in [6.45, 7) is 1.01. The van der Waals surface area contributed by atoms with E-state index in [2.05, 4.69) is 15.6 Å². The molecule has 0 spiro atoms. The van der Waals surface area contributed by atoms with Gasteiger partial charge in [-0.2, -0.15) is 0 Å². The zero-order valence-corrected chi connectivity index (χ0v) is 15.5. The minimum Gasteiger partial charge on any atom is -0.383 e. The maximum atomic E-state index is 12.7. The van der Waals surface area contributed by atoms with Crippen LogP contribution in [0.3, 0.4) is 0 Å². The number of ether oxygens (including phenoxy) is 1. The van der Waals surface area contributed by atoms with Gasteiger partial charge in [-0.15, -0.1) is 0 Å². The van der Waals surface area contributed by atoms with Crippen LogP contribution in [0.5, 0.6) is 0 Å². The molecule has 0 aliphatic heterocycles. The maximum absolute atomic E-state index is 12.7. The molecule has 0 radical (unpaired) electrons. The lowest BCUT2D eigenvalue weighted by Crippen LogP contribution is -2.28. The first-order chi connectivity index (χ1) is 13.1. The largest absolute Gasteiger partial charge is 0.383 e. The average Bonchev–Trinajstić information content (AvgIpc) is 3.07. The number of carbonyl (C=O) groups is 2. The quantitative estimate of drug-likeness (QED) is 0.610. The summed E-state index contributed by atoms with van der Waals surface area (Å²) in [5.41, 5.74) is 1.54. The maximum Gasteiger partial charge on any atom is 0.287 e. The predicted molar refractivity (Wildman–Crippen MR) is 102 cm³/mol. The highest BCUT2D eigenvalue weighted by molar-refractivity contribution is 6.31. The average molecular weight is 387 g/mol. The fraction of sp³-hybridized carbons (Fsp3) is 0.211. The Morgan fingerprint density at radius 3 is 2.67 bits per heavy atom. The molecule has 0 fully saturated rings. The van der Waals surface area contributed by atoms with Crippen molar-refractivity contribution in [2.45, 2.75) is 6.54 Å². The number of pyridine rings is 1. The van der Waals surface area contributed by atoms with E-state index in [1.165, 1.54) is 0 Å². The molecular weight excluding hydrogens is 368 g/mol. The van der Waals surface area contributed by atoms with Crippen LogP contribution in [-0.2, 0) is 11.3 Å². The zero-order chi connectivity index (χ0) is 19.2. The molecule has 7 nitrogen and oxygen atoms in total. The first-order valence-electron chi connectivity index (χ1n) is 8.37. The van der Waals surface area contributed by atoms with Gasteiger partial charge in [0.15, 0.2) is 5.69 Å². The van der Waals surface area contributed by atoms with E-state index < -0.39 is 5.91 Å². The van der Waals surface area contributed by atoms with Crippen LogP contribution in [0.15, 0.2) is 48.7 Å². The number of fused-ring (bicyclic) bond motifs is 1. The van der Waals surface area contributed by atoms with Crippen LogP contribution in [0.2, 0.25) is 5.02 Å². The van der Waals surface area contributed by atoms with Crippen LogP contribution in [0.25, 0.3) is 5.52 Å². The summed E-state index contributed by atoms with van der Waals surface area (Å²) in [7, 11) is 1.56. The minimum absolute atomic E-state index is 0.134. The third-order valence-corrected chi connectivity index (χ3v) is 4.32. The Labute approximate surface area is 161 Å². The second kappa shape index (κ2) is 8.66. The second-order valence-electron chi connectivity index (χ2n) is 5.76. The molecule has 2 amide bonds. The van der Waals surface area contributed by atoms with Crippen molar-refractivity contribution < 1.29 is 14.3 Å². The molecule has 3 rings (SSSR count). The van der Waals surface area contributed by atoms with Crippen molar-refractivity contribution in [3.8, 4) is 0 Å². The predicted octanol–water partition coefficient (Wildman–Crippen LogP) is 2.29. The molecule has 1 aromatic carbocycles. The van der Waals surface area contributed by atoms with Gasteiger partial charge >= 0.3 is 0 Å². The molecule has 0 aliphatic rings. The van der Waals surface area contributed by atoms with Crippen LogP contribution in [-0.4, -0.2) is 41.5 Å². The van der Waals surface area contributed by atoms with Gasteiger partial charge in [0, 0.05) is 31.4 Å². The molecule has 2 heterocycles. The lowest BCUT2D eigenvalue weighted by Gasteiger charge is -2.06. The summed E-state index contributed by atoms with van der Waals surface area (Å²) >= 11 is 6.12. The molecule has 0 atom stereocenters. The lowest BCUT2D eigenvalue weighted by molar-refractivity contribution is 0.0934. The lowest BCUT2D eigenvalue weighted by atomic mass is 10.2. The normalized spacial score (nSPS) is 10.7. The van der Waals surface area contributed by atoms with Crippen LogP contribution in [0.4, 0.5) is 0 Å². The number of hydrogen-bond acceptors (Lipinski definition) is 4. The van der Waals surface area contributed by atoms with E-state index in [9.17, 15) is 9.59 Å². The Morgan fingerprint density at radius 2 is 1.89 bits per heavy atom. The van der Waals surface area contributed by atoms with E-state index in [4.69, 9.17) is 16.3 Å². The number of amides is 2. The van der Waals surface area contributed by atoms with Crippen LogP contribution in [0, 0.1) is 0 Å². The Balaban J connectivity index is 1.82. The van der Waals surface area contributed by atoms with Gasteiger partial charge in [-0.3, -0.25) is 14.0 Å². The van der Waals surface area contributed by atoms with Crippen molar-refractivity contribution in [2.75, 3.05) is 20.3 Å². The van der Waals surface area contributed by atoms with Crippen molar-refractivity contribution in [3.05, 3.63) is 70.8 Å². The fourth-order valence-electron chi connectivity index (χ4n) is 2.61. The van der Waals surface area contributed by atoms with E-state index >= 15 is 0 Å². The van der Waals surface area contributed by atoms with Crippen molar-refractivity contribution in [3.63, 3.8) is 0 Å². The van der Waals surface area contributed by atoms with Crippen molar-refractivity contribution >= 4 is 28.9 Å². The minimum atomic E-state index is -0.396. The number of rotatable bonds is 7. The molecule has 0 unspecified atom stereocenters. The molecule has 8 heteroatoms. The zero-order valence-electron chi connectivity index (χ0n) is 14.7. The molecule has 140 valence electrons. The van der Waals surface area contributed by atoms with Crippen LogP contribution in [0.1, 0.15) is 26.7 Å². The highest BCUT2D eigenvalue weighted by Gasteiger charge is 2.21. The van der Waals surface area contributed by atoms with Gasteiger partial charge in [0.1, 0.15) is 0 Å². The topological polar surface area (TPSA) is 84.7 Å². The number of nitrogens with one attached hydrogen (secondary N) is 2. The number of benzene rings is 1. The molecule has 0 bridgehead atoms. The van der Waals surface area contributed by atoms with Gasteiger partial charge < -0.3 is 15.4 Å². The second-order valence-corrected chi connectivity index (χ2v) is 6.17. The highest BCUT2D eigenvalue weighted by atomic mass is 35.5. The molecule has 2 N–H and O–H groups in total. The summed E-state index contributed by atoms with van der Waals surface area (Å²) in [4.78, 5) is 29.3. The summed E-state index contributed by atoms with van der Waals surface area (Å²) in [6.07, 6.45) is 1.69. The SMILES string of the molecule is COCCNC(=O)c1nc(C(=O)NCc2ccccc2Cl)n2ccccc12. The van der Waals surface area contributed by atoms with Gasteiger partial charge in [-0.05, 0) is 23.8 Å². The smallest absolute Gasteiger partial charge is 0.287 e. The summed E-state index contributed by atoms with van der Waals surface area (Å²) in [6, 6.07) is 12.6. The molecular formula is C19H19ClN4O3.